The second-order valence-electron chi connectivity index (χ2n) is 4.78. The molecule has 0 unspecified atom stereocenters. The minimum absolute atomic E-state index is 0.161. The van der Waals surface area contributed by atoms with Crippen LogP contribution in [0.15, 0.2) is 24.3 Å². The Morgan fingerprint density at radius 2 is 1.78 bits per heavy atom. The average Bonchev–Trinajstić information content (AvgIpc) is 2.28. The summed E-state index contributed by atoms with van der Waals surface area (Å²) in [6, 6.07) is 7.42. The highest BCUT2D eigenvalue weighted by Gasteiger charge is 2.07. The molecular weight excluding hydrogens is 244 g/mol. The van der Waals surface area contributed by atoms with E-state index in [0.29, 0.717) is 11.7 Å². The Hall–Kier alpha value is -0.960. The van der Waals surface area contributed by atoms with Crippen LogP contribution in [0.2, 0.25) is 0 Å². The van der Waals surface area contributed by atoms with E-state index in [1.54, 1.807) is 0 Å². The third-order valence-electron chi connectivity index (χ3n) is 2.33. The predicted octanol–water partition coefficient (Wildman–Crippen LogP) is 4.19. The number of ether oxygens (including phenoxy) is 1. The molecule has 1 aromatic carbocycles. The maximum Gasteiger partial charge on any atom is 0.163 e. The first-order chi connectivity index (χ1) is 8.49. The molecule has 1 rings (SSSR count). The molecule has 2 nitrogen and oxygen atoms in total. The van der Waals surface area contributed by atoms with Crippen LogP contribution in [-0.2, 0) is 0 Å². The summed E-state index contributed by atoms with van der Waals surface area (Å²) >= 11 is 1.82. The molecule has 0 saturated carbocycles. The maximum absolute atomic E-state index is 11.9. The number of carbonyl (C=O) groups is 1. The number of hydrogen-bond donors (Lipinski definition) is 0. The Bertz CT molecular complexity index is 369. The van der Waals surface area contributed by atoms with E-state index >= 15 is 0 Å². The van der Waals surface area contributed by atoms with Gasteiger partial charge in [0.25, 0.3) is 0 Å². The lowest BCUT2D eigenvalue weighted by molar-refractivity contribution is 0.0989. The van der Waals surface area contributed by atoms with Crippen LogP contribution >= 0.6 is 11.8 Å². The van der Waals surface area contributed by atoms with Crippen LogP contribution < -0.4 is 4.74 Å². The van der Waals surface area contributed by atoms with Crippen molar-refractivity contribution >= 4 is 17.5 Å². The Morgan fingerprint density at radius 3 is 2.28 bits per heavy atom. The fraction of sp³-hybridized carbons (Fsp3) is 0.533. The lowest BCUT2D eigenvalue weighted by atomic mass is 10.1. The summed E-state index contributed by atoms with van der Waals surface area (Å²) in [6.45, 7) is 8.27. The first kappa shape index (κ1) is 15.1. The van der Waals surface area contributed by atoms with Gasteiger partial charge in [0, 0.05) is 17.7 Å². The van der Waals surface area contributed by atoms with Gasteiger partial charge in [-0.25, -0.2) is 0 Å². The summed E-state index contributed by atoms with van der Waals surface area (Å²) in [6.07, 6.45) is 0.766. The van der Waals surface area contributed by atoms with E-state index in [0.717, 1.165) is 17.1 Å². The lowest BCUT2D eigenvalue weighted by Gasteiger charge is -2.10. The van der Waals surface area contributed by atoms with Crippen molar-refractivity contribution in [1.29, 1.82) is 0 Å². The van der Waals surface area contributed by atoms with Crippen LogP contribution in [0.25, 0.3) is 0 Å². The Kier molecular flexibility index (Phi) is 6.27. The van der Waals surface area contributed by atoms with Gasteiger partial charge < -0.3 is 4.74 Å². The van der Waals surface area contributed by atoms with Crippen molar-refractivity contribution in [1.82, 2.24) is 0 Å². The van der Waals surface area contributed by atoms with Crippen LogP contribution in [-0.4, -0.2) is 22.9 Å². The average molecular weight is 266 g/mol. The summed E-state index contributed by atoms with van der Waals surface area (Å²) in [7, 11) is 0. The van der Waals surface area contributed by atoms with E-state index in [4.69, 9.17) is 4.74 Å². The molecule has 0 radical (unpaired) electrons. The normalized spacial score (nSPS) is 11.0. The van der Waals surface area contributed by atoms with Crippen molar-refractivity contribution < 1.29 is 9.53 Å². The predicted molar refractivity (Wildman–Crippen MR) is 78.7 cm³/mol. The van der Waals surface area contributed by atoms with Crippen LogP contribution in [0.4, 0.5) is 0 Å². The van der Waals surface area contributed by atoms with E-state index in [2.05, 4.69) is 13.8 Å². The first-order valence-corrected chi connectivity index (χ1v) is 7.45. The molecule has 0 aromatic heterocycles. The number of hydrogen-bond acceptors (Lipinski definition) is 3. The van der Waals surface area contributed by atoms with E-state index in [1.165, 1.54) is 0 Å². The van der Waals surface area contributed by atoms with Gasteiger partial charge in [-0.1, -0.05) is 13.8 Å². The van der Waals surface area contributed by atoms with E-state index < -0.39 is 0 Å². The van der Waals surface area contributed by atoms with Crippen LogP contribution in [0.1, 0.15) is 44.5 Å². The Morgan fingerprint density at radius 1 is 1.17 bits per heavy atom. The van der Waals surface area contributed by atoms with Crippen molar-refractivity contribution in [2.24, 2.45) is 0 Å². The van der Waals surface area contributed by atoms with E-state index in [-0.39, 0.29) is 11.9 Å². The molecule has 0 atom stereocenters. The van der Waals surface area contributed by atoms with Gasteiger partial charge in [-0.3, -0.25) is 4.79 Å². The molecule has 18 heavy (non-hydrogen) atoms. The van der Waals surface area contributed by atoms with E-state index in [1.807, 2.05) is 49.9 Å². The SMILES string of the molecule is CC(C)Oc1ccc(C(=O)CCSC(C)C)cc1. The van der Waals surface area contributed by atoms with Gasteiger partial charge in [-0.2, -0.15) is 11.8 Å². The molecule has 0 aliphatic heterocycles. The smallest absolute Gasteiger partial charge is 0.163 e. The van der Waals surface area contributed by atoms with Crippen LogP contribution in [0, 0.1) is 0 Å². The van der Waals surface area contributed by atoms with Crippen LogP contribution in [0.3, 0.4) is 0 Å². The second kappa shape index (κ2) is 7.47. The quantitative estimate of drug-likeness (QED) is 0.692. The van der Waals surface area contributed by atoms with Gasteiger partial charge in [-0.15, -0.1) is 0 Å². The number of rotatable bonds is 7. The number of benzene rings is 1. The van der Waals surface area contributed by atoms with Gasteiger partial charge >= 0.3 is 0 Å². The molecule has 0 aliphatic carbocycles. The third-order valence-corrected chi connectivity index (χ3v) is 3.43. The van der Waals surface area contributed by atoms with Crippen molar-refractivity contribution in [3.8, 4) is 5.75 Å². The van der Waals surface area contributed by atoms with Gasteiger partial charge in [-0.05, 0) is 43.4 Å². The Balaban J connectivity index is 2.48. The molecule has 0 amide bonds. The molecule has 0 bridgehead atoms. The van der Waals surface area contributed by atoms with Gasteiger partial charge in [0.15, 0.2) is 5.78 Å². The molecule has 0 aliphatic rings. The number of ketones is 1. The fourth-order valence-electron chi connectivity index (χ4n) is 1.52. The number of thioether (sulfide) groups is 1. The topological polar surface area (TPSA) is 26.3 Å². The Labute approximate surface area is 114 Å². The zero-order valence-corrected chi connectivity index (χ0v) is 12.4. The second-order valence-corrected chi connectivity index (χ2v) is 6.47. The minimum Gasteiger partial charge on any atom is -0.491 e. The molecule has 0 N–H and O–H groups in total. The standard InChI is InChI=1S/C15H22O2S/c1-11(2)17-14-7-5-13(6-8-14)15(16)9-10-18-12(3)4/h5-8,11-12H,9-10H2,1-4H3. The van der Waals surface area contributed by atoms with E-state index in [9.17, 15) is 4.79 Å². The maximum atomic E-state index is 11.9. The van der Waals surface area contributed by atoms with Crippen molar-refractivity contribution in [2.45, 2.75) is 45.5 Å². The fourth-order valence-corrected chi connectivity index (χ4v) is 2.30. The molecule has 100 valence electrons. The highest BCUT2D eigenvalue weighted by atomic mass is 32.2. The van der Waals surface area contributed by atoms with Crippen molar-refractivity contribution in [3.63, 3.8) is 0 Å². The molecular formula is C15H22O2S. The summed E-state index contributed by atoms with van der Waals surface area (Å²) in [4.78, 5) is 11.9. The molecule has 0 saturated heterocycles. The van der Waals surface area contributed by atoms with Crippen molar-refractivity contribution in [2.75, 3.05) is 5.75 Å². The highest BCUT2D eigenvalue weighted by molar-refractivity contribution is 7.99. The molecule has 3 heteroatoms. The monoisotopic (exact) mass is 266 g/mol. The molecule has 0 heterocycles. The summed E-state index contributed by atoms with van der Waals surface area (Å²) < 4.78 is 5.55. The minimum atomic E-state index is 0.161. The largest absolute Gasteiger partial charge is 0.491 e. The summed E-state index contributed by atoms with van der Waals surface area (Å²) in [5.74, 6) is 1.91. The third kappa shape index (κ3) is 5.58. The van der Waals surface area contributed by atoms with Gasteiger partial charge in [0.2, 0.25) is 0 Å². The number of carbonyl (C=O) groups excluding carboxylic acids is 1. The molecule has 0 spiro atoms. The van der Waals surface area contributed by atoms with Crippen molar-refractivity contribution in [3.05, 3.63) is 29.8 Å². The highest BCUT2D eigenvalue weighted by Crippen LogP contribution is 2.17. The zero-order valence-electron chi connectivity index (χ0n) is 11.6. The van der Waals surface area contributed by atoms with Gasteiger partial charge in [0.05, 0.1) is 6.10 Å². The summed E-state index contributed by atoms with van der Waals surface area (Å²) in [5.41, 5.74) is 0.774. The zero-order chi connectivity index (χ0) is 13.5. The lowest BCUT2D eigenvalue weighted by Crippen LogP contribution is -2.06. The number of Topliss-reactive ketones (excluding diaryl/α,β-unsaturated/α-hetero) is 1. The molecule has 0 fully saturated rings. The first-order valence-electron chi connectivity index (χ1n) is 6.40. The van der Waals surface area contributed by atoms with Crippen LogP contribution in [0.5, 0.6) is 5.75 Å². The summed E-state index contributed by atoms with van der Waals surface area (Å²) in [5, 5.41) is 0.583. The molecule has 1 aromatic rings. The van der Waals surface area contributed by atoms with Gasteiger partial charge in [0.1, 0.15) is 5.75 Å².